The molecule has 0 unspecified atom stereocenters. The van der Waals surface area contributed by atoms with E-state index in [0.29, 0.717) is 27.4 Å². The van der Waals surface area contributed by atoms with Crippen molar-refractivity contribution in [2.45, 2.75) is 6.92 Å². The van der Waals surface area contributed by atoms with Crippen molar-refractivity contribution in [3.63, 3.8) is 0 Å². The molecule has 2 aromatic carbocycles. The Hall–Kier alpha value is -2.50. The Morgan fingerprint density at radius 2 is 1.69 bits per heavy atom. The topological polar surface area (TPSA) is 57.7 Å². The lowest BCUT2D eigenvalue weighted by Crippen LogP contribution is -2.10. The maximum atomic E-state index is 12.6. The van der Waals surface area contributed by atoms with Gasteiger partial charge in [0.2, 0.25) is 0 Å². The van der Waals surface area contributed by atoms with Gasteiger partial charge >= 0.3 is 5.97 Å². The van der Waals surface area contributed by atoms with Gasteiger partial charge in [-0.15, -0.1) is 0 Å². The highest BCUT2D eigenvalue weighted by Gasteiger charge is 2.19. The number of carbonyl (C=O) groups excluding carboxylic acids is 1. The number of carbonyl (C=O) groups is 1. The average molecular weight is 392 g/mol. The van der Waals surface area contributed by atoms with E-state index in [1.165, 1.54) is 26.4 Å². The third kappa shape index (κ3) is 3.41. The molecule has 0 radical (unpaired) electrons. The first-order valence-electron chi connectivity index (χ1n) is 7.64. The van der Waals surface area contributed by atoms with Gasteiger partial charge in [0, 0.05) is 11.1 Å². The van der Waals surface area contributed by atoms with Gasteiger partial charge in [0.15, 0.2) is 17.2 Å². The number of ether oxygens (including phenoxy) is 3. The monoisotopic (exact) mass is 391 g/mol. The van der Waals surface area contributed by atoms with Gasteiger partial charge in [0.1, 0.15) is 5.52 Å². The summed E-state index contributed by atoms with van der Waals surface area (Å²) in [5.74, 6) is 0.494. The van der Waals surface area contributed by atoms with Crippen molar-refractivity contribution in [1.82, 2.24) is 4.98 Å². The van der Waals surface area contributed by atoms with Crippen LogP contribution in [-0.2, 0) is 0 Å². The van der Waals surface area contributed by atoms with Crippen molar-refractivity contribution in [3.05, 3.63) is 57.7 Å². The molecule has 26 heavy (non-hydrogen) atoms. The van der Waals surface area contributed by atoms with Crippen molar-refractivity contribution < 1.29 is 19.0 Å². The molecule has 0 aliphatic heterocycles. The second-order valence-corrected chi connectivity index (χ2v) is 6.29. The van der Waals surface area contributed by atoms with Crippen LogP contribution in [-0.4, -0.2) is 25.2 Å². The van der Waals surface area contributed by atoms with Crippen LogP contribution in [0.2, 0.25) is 10.0 Å². The van der Waals surface area contributed by atoms with E-state index in [9.17, 15) is 4.79 Å². The zero-order valence-electron chi connectivity index (χ0n) is 14.3. The number of fused-ring (bicyclic) bond motifs is 1. The lowest BCUT2D eigenvalue weighted by molar-refractivity contribution is 0.0736. The van der Waals surface area contributed by atoms with Crippen LogP contribution in [0.3, 0.4) is 0 Å². The van der Waals surface area contributed by atoms with Crippen LogP contribution in [0.25, 0.3) is 10.9 Å². The molecule has 0 saturated heterocycles. The third-order valence-electron chi connectivity index (χ3n) is 3.79. The van der Waals surface area contributed by atoms with E-state index in [1.807, 2.05) is 19.1 Å². The Balaban J connectivity index is 2.04. The first kappa shape index (κ1) is 18.3. The molecule has 0 spiro atoms. The van der Waals surface area contributed by atoms with E-state index in [0.717, 1.165) is 5.69 Å². The normalized spacial score (nSPS) is 10.7. The summed E-state index contributed by atoms with van der Waals surface area (Å²) in [6.07, 6.45) is 0. The van der Waals surface area contributed by atoms with Crippen LogP contribution in [0.4, 0.5) is 0 Å². The van der Waals surface area contributed by atoms with Gasteiger partial charge in [-0.3, -0.25) is 0 Å². The number of benzene rings is 2. The van der Waals surface area contributed by atoms with E-state index < -0.39 is 5.97 Å². The van der Waals surface area contributed by atoms with Crippen LogP contribution in [0.1, 0.15) is 16.1 Å². The van der Waals surface area contributed by atoms with Crippen LogP contribution < -0.4 is 14.2 Å². The summed E-state index contributed by atoms with van der Waals surface area (Å²) in [7, 11) is 3.01. The molecule has 0 aliphatic rings. The zero-order valence-corrected chi connectivity index (χ0v) is 15.8. The molecule has 134 valence electrons. The number of aryl methyl sites for hydroxylation is 1. The molecule has 0 amide bonds. The van der Waals surface area contributed by atoms with Gasteiger partial charge < -0.3 is 14.2 Å². The predicted octanol–water partition coefficient (Wildman–Crippen LogP) is 5.09. The highest BCUT2D eigenvalue weighted by atomic mass is 35.5. The molecule has 0 fully saturated rings. The number of hydrogen-bond donors (Lipinski definition) is 0. The van der Waals surface area contributed by atoms with Gasteiger partial charge in [-0.2, -0.15) is 0 Å². The molecular weight excluding hydrogens is 377 g/mol. The Morgan fingerprint density at radius 1 is 0.962 bits per heavy atom. The largest absolute Gasteiger partial charge is 0.493 e. The van der Waals surface area contributed by atoms with E-state index in [4.69, 9.17) is 37.4 Å². The fourth-order valence-corrected chi connectivity index (χ4v) is 3.06. The van der Waals surface area contributed by atoms with Gasteiger partial charge in [-0.05, 0) is 43.3 Å². The maximum Gasteiger partial charge on any atom is 0.343 e. The van der Waals surface area contributed by atoms with Crippen molar-refractivity contribution in [3.8, 4) is 17.2 Å². The number of nitrogens with zero attached hydrogens (tertiary/aromatic N) is 1. The summed E-state index contributed by atoms with van der Waals surface area (Å²) in [5.41, 5.74) is 1.46. The number of esters is 1. The number of halogens is 2. The Labute approximate surface area is 160 Å². The van der Waals surface area contributed by atoms with Crippen LogP contribution >= 0.6 is 23.2 Å². The number of aromatic nitrogens is 1. The zero-order chi connectivity index (χ0) is 18.8. The lowest BCUT2D eigenvalue weighted by atomic mass is 10.1. The van der Waals surface area contributed by atoms with Crippen LogP contribution in [0.5, 0.6) is 17.2 Å². The molecule has 0 N–H and O–H groups in total. The van der Waals surface area contributed by atoms with Crippen molar-refractivity contribution >= 4 is 40.1 Å². The molecular formula is C19H15Cl2NO4. The Bertz CT molecular complexity index is 1000. The summed E-state index contributed by atoms with van der Waals surface area (Å²) in [4.78, 5) is 17.0. The summed E-state index contributed by atoms with van der Waals surface area (Å²) >= 11 is 12.5. The maximum absolute atomic E-state index is 12.6. The summed E-state index contributed by atoms with van der Waals surface area (Å²) in [5, 5.41) is 1.29. The van der Waals surface area contributed by atoms with Gasteiger partial charge in [-0.25, -0.2) is 9.78 Å². The number of pyridine rings is 1. The first-order chi connectivity index (χ1) is 12.4. The second-order valence-electron chi connectivity index (χ2n) is 5.48. The summed E-state index contributed by atoms with van der Waals surface area (Å²) in [6.45, 7) is 1.83. The first-order valence-corrected chi connectivity index (χ1v) is 8.39. The quantitative estimate of drug-likeness (QED) is 0.458. The molecule has 0 atom stereocenters. The SMILES string of the molecule is COc1ccc(C(=O)Oc2c(Cl)cc(Cl)c3ccc(C)nc23)cc1OC. The predicted molar refractivity (Wildman–Crippen MR) is 101 cm³/mol. The second kappa shape index (κ2) is 7.40. The summed E-state index contributed by atoms with van der Waals surface area (Å²) in [6, 6.07) is 9.89. The highest BCUT2D eigenvalue weighted by Crippen LogP contribution is 2.38. The summed E-state index contributed by atoms with van der Waals surface area (Å²) < 4.78 is 15.9. The van der Waals surface area contributed by atoms with E-state index >= 15 is 0 Å². The lowest BCUT2D eigenvalue weighted by Gasteiger charge is -2.12. The minimum Gasteiger partial charge on any atom is -0.493 e. The number of hydrogen-bond acceptors (Lipinski definition) is 5. The highest BCUT2D eigenvalue weighted by molar-refractivity contribution is 6.39. The van der Waals surface area contributed by atoms with Crippen molar-refractivity contribution in [1.29, 1.82) is 0 Å². The standard InChI is InChI=1S/C19H15Cl2NO4/c1-10-4-6-12-13(20)9-14(21)18(17(12)22-10)26-19(23)11-5-7-15(24-2)16(8-11)25-3/h4-9H,1-3H3. The van der Waals surface area contributed by atoms with Crippen molar-refractivity contribution in [2.75, 3.05) is 14.2 Å². The van der Waals surface area contributed by atoms with Gasteiger partial charge in [0.05, 0.1) is 29.8 Å². The third-order valence-corrected chi connectivity index (χ3v) is 4.38. The molecule has 1 aromatic heterocycles. The molecule has 1 heterocycles. The van der Waals surface area contributed by atoms with Gasteiger partial charge in [0.25, 0.3) is 0 Å². The fraction of sp³-hybridized carbons (Fsp3) is 0.158. The average Bonchev–Trinajstić information content (AvgIpc) is 2.64. The van der Waals surface area contributed by atoms with Crippen LogP contribution in [0, 0.1) is 6.92 Å². The van der Waals surface area contributed by atoms with E-state index in [1.54, 1.807) is 12.1 Å². The van der Waals surface area contributed by atoms with Crippen LogP contribution in [0.15, 0.2) is 36.4 Å². The minimum absolute atomic E-state index is 0.162. The number of methoxy groups -OCH3 is 2. The van der Waals surface area contributed by atoms with E-state index in [-0.39, 0.29) is 16.3 Å². The Kier molecular flexibility index (Phi) is 5.20. The molecule has 3 rings (SSSR count). The molecule has 3 aromatic rings. The number of rotatable bonds is 4. The molecule has 0 bridgehead atoms. The van der Waals surface area contributed by atoms with Crippen molar-refractivity contribution in [2.24, 2.45) is 0 Å². The molecule has 5 nitrogen and oxygen atoms in total. The smallest absolute Gasteiger partial charge is 0.343 e. The molecule has 7 heteroatoms. The molecule has 0 aliphatic carbocycles. The fourth-order valence-electron chi connectivity index (χ4n) is 2.50. The molecule has 0 saturated carbocycles. The van der Waals surface area contributed by atoms with E-state index in [2.05, 4.69) is 4.98 Å². The Morgan fingerprint density at radius 3 is 2.38 bits per heavy atom. The van der Waals surface area contributed by atoms with Gasteiger partial charge in [-0.1, -0.05) is 23.2 Å². The minimum atomic E-state index is -0.597.